The number of amidine groups is 1. The van der Waals surface area contributed by atoms with Crippen molar-refractivity contribution in [2.45, 2.75) is 12.8 Å². The number of nitrogens with two attached hydrogens (primary N) is 1. The van der Waals surface area contributed by atoms with Crippen LogP contribution in [0.25, 0.3) is 0 Å². The Hall–Kier alpha value is -2.02. The van der Waals surface area contributed by atoms with Gasteiger partial charge in [-0.3, -0.25) is 10.3 Å². The monoisotopic (exact) mass is 438 g/mol. The van der Waals surface area contributed by atoms with Crippen LogP contribution in [0.1, 0.15) is 18.4 Å². The third-order valence-corrected chi connectivity index (χ3v) is 5.82. The molecular formula is C21H25Cl2FN4O. The number of hydrogen-bond acceptors (Lipinski definition) is 4. The van der Waals surface area contributed by atoms with E-state index < -0.39 is 5.82 Å². The van der Waals surface area contributed by atoms with E-state index in [1.807, 2.05) is 12.1 Å². The van der Waals surface area contributed by atoms with Gasteiger partial charge in [-0.15, -0.1) is 0 Å². The first-order valence-corrected chi connectivity index (χ1v) is 10.4. The smallest absolute Gasteiger partial charge is 0.137 e. The van der Waals surface area contributed by atoms with Crippen LogP contribution in [0.15, 0.2) is 36.4 Å². The van der Waals surface area contributed by atoms with E-state index in [-0.39, 0.29) is 11.4 Å². The van der Waals surface area contributed by atoms with E-state index in [4.69, 9.17) is 39.1 Å². The number of unbranched alkanes of at least 4 members (excludes halogenated alkanes) is 1. The van der Waals surface area contributed by atoms with Gasteiger partial charge in [-0.1, -0.05) is 35.3 Å². The number of piperazine rings is 1. The van der Waals surface area contributed by atoms with Gasteiger partial charge in [0.25, 0.3) is 0 Å². The van der Waals surface area contributed by atoms with E-state index in [0.717, 1.165) is 51.3 Å². The second kappa shape index (κ2) is 10.1. The zero-order chi connectivity index (χ0) is 20.8. The van der Waals surface area contributed by atoms with Crippen LogP contribution >= 0.6 is 23.2 Å². The maximum absolute atomic E-state index is 13.8. The third kappa shape index (κ3) is 5.53. The molecule has 0 atom stereocenters. The van der Waals surface area contributed by atoms with Gasteiger partial charge in [0.15, 0.2) is 0 Å². The van der Waals surface area contributed by atoms with Crippen LogP contribution in [0.3, 0.4) is 0 Å². The summed E-state index contributed by atoms with van der Waals surface area (Å²) in [6.07, 6.45) is 1.82. The molecule has 1 aliphatic heterocycles. The van der Waals surface area contributed by atoms with Crippen LogP contribution in [0.2, 0.25) is 10.0 Å². The SMILES string of the molecule is N=C(N)c1c(F)cccc1OCCCCN1CCN(c2cccc(Cl)c2Cl)CC1. The highest BCUT2D eigenvalue weighted by Crippen LogP contribution is 2.32. The predicted molar refractivity (Wildman–Crippen MR) is 117 cm³/mol. The maximum Gasteiger partial charge on any atom is 0.137 e. The zero-order valence-electron chi connectivity index (χ0n) is 16.1. The second-order valence-corrected chi connectivity index (χ2v) is 7.77. The number of anilines is 1. The number of hydrogen-bond donors (Lipinski definition) is 2. The fourth-order valence-electron chi connectivity index (χ4n) is 3.45. The van der Waals surface area contributed by atoms with Crippen molar-refractivity contribution in [2.24, 2.45) is 5.73 Å². The lowest BCUT2D eigenvalue weighted by molar-refractivity contribution is 0.238. The Morgan fingerprint density at radius 2 is 1.79 bits per heavy atom. The molecule has 0 radical (unpaired) electrons. The molecule has 2 aromatic rings. The molecule has 5 nitrogen and oxygen atoms in total. The van der Waals surface area contributed by atoms with Gasteiger partial charge in [0.05, 0.1) is 27.9 Å². The van der Waals surface area contributed by atoms with Crippen molar-refractivity contribution < 1.29 is 9.13 Å². The van der Waals surface area contributed by atoms with Crippen molar-refractivity contribution >= 4 is 34.7 Å². The Kier molecular flexibility index (Phi) is 7.58. The average molecular weight is 439 g/mol. The average Bonchev–Trinajstić information content (AvgIpc) is 2.70. The Labute approximate surface area is 180 Å². The Morgan fingerprint density at radius 1 is 1.07 bits per heavy atom. The minimum absolute atomic E-state index is 0.0308. The maximum atomic E-state index is 13.8. The summed E-state index contributed by atoms with van der Waals surface area (Å²) in [5.41, 5.74) is 6.47. The minimum Gasteiger partial charge on any atom is -0.493 e. The molecule has 29 heavy (non-hydrogen) atoms. The summed E-state index contributed by atoms with van der Waals surface area (Å²) in [4.78, 5) is 4.68. The van der Waals surface area contributed by atoms with Gasteiger partial charge in [-0.2, -0.15) is 0 Å². The summed E-state index contributed by atoms with van der Waals surface area (Å²) in [6, 6.07) is 10.2. The van der Waals surface area contributed by atoms with Crippen molar-refractivity contribution in [1.29, 1.82) is 5.41 Å². The van der Waals surface area contributed by atoms with Crippen molar-refractivity contribution in [3.63, 3.8) is 0 Å². The normalized spacial score (nSPS) is 14.8. The Morgan fingerprint density at radius 3 is 2.52 bits per heavy atom. The first-order chi connectivity index (χ1) is 14.0. The van der Waals surface area contributed by atoms with E-state index >= 15 is 0 Å². The quantitative estimate of drug-likeness (QED) is 0.364. The number of nitrogens with one attached hydrogen (secondary N) is 1. The van der Waals surface area contributed by atoms with Crippen LogP contribution in [0.4, 0.5) is 10.1 Å². The van der Waals surface area contributed by atoms with Crippen LogP contribution < -0.4 is 15.4 Å². The van der Waals surface area contributed by atoms with Gasteiger partial charge in [0.1, 0.15) is 17.4 Å². The largest absolute Gasteiger partial charge is 0.493 e. The molecule has 0 aliphatic carbocycles. The van der Waals surface area contributed by atoms with E-state index in [9.17, 15) is 4.39 Å². The van der Waals surface area contributed by atoms with Gasteiger partial charge in [0.2, 0.25) is 0 Å². The number of ether oxygens (including phenoxy) is 1. The van der Waals surface area contributed by atoms with E-state index in [0.29, 0.717) is 22.4 Å². The molecule has 156 valence electrons. The lowest BCUT2D eigenvalue weighted by Gasteiger charge is -2.36. The fraction of sp³-hybridized carbons (Fsp3) is 0.381. The van der Waals surface area contributed by atoms with Gasteiger partial charge in [-0.25, -0.2) is 4.39 Å². The first-order valence-electron chi connectivity index (χ1n) is 9.64. The van der Waals surface area contributed by atoms with Gasteiger partial charge >= 0.3 is 0 Å². The number of rotatable bonds is 8. The molecule has 0 unspecified atom stereocenters. The highest BCUT2D eigenvalue weighted by molar-refractivity contribution is 6.43. The summed E-state index contributed by atoms with van der Waals surface area (Å²) in [7, 11) is 0. The summed E-state index contributed by atoms with van der Waals surface area (Å²) in [5.74, 6) is -0.534. The molecule has 8 heteroatoms. The first kappa shape index (κ1) is 21.7. The molecule has 1 heterocycles. The lowest BCUT2D eigenvalue weighted by atomic mass is 10.1. The van der Waals surface area contributed by atoms with Gasteiger partial charge in [0, 0.05) is 26.2 Å². The Balaban J connectivity index is 1.39. The van der Waals surface area contributed by atoms with Gasteiger partial charge in [-0.05, 0) is 43.7 Å². The van der Waals surface area contributed by atoms with Crippen LogP contribution in [0.5, 0.6) is 5.75 Å². The lowest BCUT2D eigenvalue weighted by Crippen LogP contribution is -2.46. The molecule has 0 amide bonds. The molecule has 3 N–H and O–H groups in total. The number of nitrogen functional groups attached to an aromatic ring is 1. The molecule has 0 bridgehead atoms. The van der Waals surface area contributed by atoms with Crippen molar-refractivity contribution in [2.75, 3.05) is 44.2 Å². The molecular weight excluding hydrogens is 414 g/mol. The van der Waals surface area contributed by atoms with E-state index in [1.54, 1.807) is 18.2 Å². The van der Waals surface area contributed by atoms with E-state index in [1.165, 1.54) is 6.07 Å². The van der Waals surface area contributed by atoms with E-state index in [2.05, 4.69) is 9.80 Å². The summed E-state index contributed by atoms with van der Waals surface area (Å²) >= 11 is 12.4. The Bertz CT molecular complexity index is 857. The predicted octanol–water partition coefficient (Wildman–Crippen LogP) is 4.40. The molecule has 1 aliphatic rings. The number of halogens is 3. The van der Waals surface area contributed by atoms with Crippen LogP contribution in [-0.4, -0.2) is 50.1 Å². The molecule has 1 fully saturated rings. The topological polar surface area (TPSA) is 65.6 Å². The summed E-state index contributed by atoms with van der Waals surface area (Å²) in [6.45, 7) is 5.17. The second-order valence-electron chi connectivity index (χ2n) is 6.98. The number of nitrogens with zero attached hydrogens (tertiary/aromatic N) is 2. The summed E-state index contributed by atoms with van der Waals surface area (Å²) < 4.78 is 19.4. The highest BCUT2D eigenvalue weighted by Gasteiger charge is 2.19. The molecule has 3 rings (SSSR count). The third-order valence-electron chi connectivity index (χ3n) is 5.02. The van der Waals surface area contributed by atoms with Crippen LogP contribution in [0, 0.1) is 11.2 Å². The van der Waals surface area contributed by atoms with Crippen molar-refractivity contribution in [3.8, 4) is 5.75 Å². The zero-order valence-corrected chi connectivity index (χ0v) is 17.6. The van der Waals surface area contributed by atoms with Crippen molar-refractivity contribution in [1.82, 2.24) is 4.90 Å². The van der Waals surface area contributed by atoms with Gasteiger partial charge < -0.3 is 15.4 Å². The summed E-state index contributed by atoms with van der Waals surface area (Å²) in [5, 5.41) is 8.70. The molecule has 0 spiro atoms. The molecule has 0 saturated carbocycles. The minimum atomic E-state index is -0.535. The van der Waals surface area contributed by atoms with Crippen LogP contribution in [-0.2, 0) is 0 Å². The molecule has 2 aromatic carbocycles. The molecule has 0 aromatic heterocycles. The number of benzene rings is 2. The highest BCUT2D eigenvalue weighted by atomic mass is 35.5. The fourth-order valence-corrected chi connectivity index (χ4v) is 3.87. The standard InChI is InChI=1S/C21H25Cl2FN4O/c22-15-5-3-7-17(20(15)23)28-12-10-27(11-13-28)9-1-2-14-29-18-8-4-6-16(24)19(18)21(25)26/h3-8H,1-2,9-14H2,(H3,25,26). The molecule has 1 saturated heterocycles. The van der Waals surface area contributed by atoms with Crippen molar-refractivity contribution in [3.05, 3.63) is 57.8 Å².